The normalized spacial score (nSPS) is 13.6. The molecule has 0 amide bonds. The Labute approximate surface area is 220 Å². The molecule has 2 aromatic rings. The van der Waals surface area contributed by atoms with Crippen LogP contribution in [-0.4, -0.2) is 16.6 Å². The first kappa shape index (κ1) is 29.2. The molecule has 0 radical (unpaired) electrons. The summed E-state index contributed by atoms with van der Waals surface area (Å²) < 4.78 is 12.7. The summed E-state index contributed by atoms with van der Waals surface area (Å²) in [6.07, 6.45) is 3.50. The van der Waals surface area contributed by atoms with E-state index in [0.717, 1.165) is 22.6 Å². The van der Waals surface area contributed by atoms with Crippen LogP contribution >= 0.6 is 0 Å². The van der Waals surface area contributed by atoms with Gasteiger partial charge in [0.1, 0.15) is 11.5 Å². The van der Waals surface area contributed by atoms with E-state index in [-0.39, 0.29) is 10.1 Å². The van der Waals surface area contributed by atoms with Crippen LogP contribution in [0.4, 0.5) is 0 Å². The van der Waals surface area contributed by atoms with Gasteiger partial charge in [-0.2, -0.15) is 0 Å². The molecule has 2 aromatic carbocycles. The molecule has 0 fully saturated rings. The highest BCUT2D eigenvalue weighted by molar-refractivity contribution is 6.75. The molecular weight excluding hydrogens is 477 g/mol. The highest BCUT2D eigenvalue weighted by Crippen LogP contribution is 2.38. The summed E-state index contributed by atoms with van der Waals surface area (Å²) in [7, 11) is -3.83. The van der Waals surface area contributed by atoms with Crippen LogP contribution in [0.5, 0.6) is 11.5 Å². The van der Waals surface area contributed by atoms with Crippen molar-refractivity contribution in [1.82, 2.24) is 0 Å². The molecule has 0 aliphatic rings. The molecule has 190 valence electrons. The average Bonchev–Trinajstić information content (AvgIpc) is 2.76. The molecule has 4 nitrogen and oxygen atoms in total. The Balaban J connectivity index is 2.24. The number of rotatable bonds is 7. The van der Waals surface area contributed by atoms with Gasteiger partial charge in [-0.1, -0.05) is 78.0 Å². The Morgan fingerprint density at radius 1 is 0.611 bits per heavy atom. The quantitative estimate of drug-likeness (QED) is 0.208. The SMILES string of the molecule is [C-]#[N+]C(=Cc1ccc(O[Si](C)(C)C(C)(C)C)cc1)C(=Cc1ccc(O[Si](C)(C)C(C)(C)C)cc1)[N+]#[C-]. The van der Waals surface area contributed by atoms with Crippen LogP contribution in [0, 0.1) is 13.1 Å². The van der Waals surface area contributed by atoms with E-state index in [9.17, 15) is 0 Å². The first-order valence-electron chi connectivity index (χ1n) is 12.3. The predicted octanol–water partition coefficient (Wildman–Crippen LogP) is 9.68. The summed E-state index contributed by atoms with van der Waals surface area (Å²) in [5, 5.41) is 0.237. The van der Waals surface area contributed by atoms with E-state index in [1.54, 1.807) is 12.2 Å². The Bertz CT molecular complexity index is 1100. The zero-order chi connectivity index (χ0) is 27.4. The fourth-order valence-electron chi connectivity index (χ4n) is 2.80. The third kappa shape index (κ3) is 7.47. The second-order valence-corrected chi connectivity index (χ2v) is 21.6. The van der Waals surface area contributed by atoms with E-state index in [1.165, 1.54) is 0 Å². The van der Waals surface area contributed by atoms with Crippen LogP contribution in [0.1, 0.15) is 52.7 Å². The highest BCUT2D eigenvalue weighted by Gasteiger charge is 2.39. The van der Waals surface area contributed by atoms with Crippen molar-refractivity contribution in [2.75, 3.05) is 0 Å². The third-order valence-electron chi connectivity index (χ3n) is 7.23. The van der Waals surface area contributed by atoms with Crippen molar-refractivity contribution in [1.29, 1.82) is 0 Å². The molecule has 0 aliphatic carbocycles. The van der Waals surface area contributed by atoms with Crippen molar-refractivity contribution in [2.24, 2.45) is 0 Å². The monoisotopic (exact) mass is 516 g/mol. The van der Waals surface area contributed by atoms with Crippen LogP contribution in [0.3, 0.4) is 0 Å². The van der Waals surface area contributed by atoms with Gasteiger partial charge in [-0.15, -0.1) is 0 Å². The van der Waals surface area contributed by atoms with Crippen molar-refractivity contribution in [3.63, 3.8) is 0 Å². The van der Waals surface area contributed by atoms with Gasteiger partial charge in [0.2, 0.25) is 16.6 Å². The van der Waals surface area contributed by atoms with Crippen molar-refractivity contribution < 1.29 is 8.85 Å². The van der Waals surface area contributed by atoms with Gasteiger partial charge < -0.3 is 8.85 Å². The lowest BCUT2D eigenvalue weighted by atomic mass is 10.1. The number of hydrogen-bond donors (Lipinski definition) is 0. The molecule has 0 N–H and O–H groups in total. The second kappa shape index (κ2) is 10.9. The fourth-order valence-corrected chi connectivity index (χ4v) is 4.87. The van der Waals surface area contributed by atoms with E-state index in [2.05, 4.69) is 77.4 Å². The van der Waals surface area contributed by atoms with E-state index >= 15 is 0 Å². The van der Waals surface area contributed by atoms with Gasteiger partial charge in [0.25, 0.3) is 0 Å². The lowest BCUT2D eigenvalue weighted by molar-refractivity contribution is 0.492. The molecule has 6 heteroatoms. The second-order valence-electron chi connectivity index (χ2n) is 12.1. The third-order valence-corrected chi connectivity index (χ3v) is 15.9. The van der Waals surface area contributed by atoms with Gasteiger partial charge in [-0.3, -0.25) is 9.69 Å². The zero-order valence-corrected chi connectivity index (χ0v) is 25.5. The molecule has 2 rings (SSSR count). The van der Waals surface area contributed by atoms with Crippen molar-refractivity contribution >= 4 is 28.8 Å². The summed E-state index contributed by atoms with van der Waals surface area (Å²) in [6, 6.07) is 15.5. The maximum absolute atomic E-state index is 7.67. The van der Waals surface area contributed by atoms with Gasteiger partial charge in [0.05, 0.1) is 13.1 Å². The molecule has 0 atom stereocenters. The first-order valence-corrected chi connectivity index (χ1v) is 18.1. The van der Waals surface area contributed by atoms with E-state index < -0.39 is 16.6 Å². The molecule has 0 spiro atoms. The topological polar surface area (TPSA) is 27.2 Å². The predicted molar refractivity (Wildman–Crippen MR) is 158 cm³/mol. The molecule has 0 saturated carbocycles. The molecule has 0 aromatic heterocycles. The van der Waals surface area contributed by atoms with Crippen molar-refractivity contribution in [3.8, 4) is 11.5 Å². The number of benzene rings is 2. The summed E-state index contributed by atoms with van der Waals surface area (Å²) in [6.45, 7) is 37.5. The summed E-state index contributed by atoms with van der Waals surface area (Å²) in [4.78, 5) is 7.29. The largest absolute Gasteiger partial charge is 0.544 e. The van der Waals surface area contributed by atoms with E-state index in [0.29, 0.717) is 11.4 Å². The fraction of sp³-hybridized carbons (Fsp3) is 0.400. The summed E-state index contributed by atoms with van der Waals surface area (Å²) in [5.74, 6) is 1.67. The van der Waals surface area contributed by atoms with Gasteiger partial charge in [-0.25, -0.2) is 0 Å². The summed E-state index contributed by atoms with van der Waals surface area (Å²) >= 11 is 0. The number of nitrogens with zero attached hydrogens (tertiary/aromatic N) is 2. The lowest BCUT2D eigenvalue weighted by Gasteiger charge is -2.36. The van der Waals surface area contributed by atoms with E-state index in [4.69, 9.17) is 22.0 Å². The minimum atomic E-state index is -1.92. The Hall–Kier alpha value is -3.07. The maximum Gasteiger partial charge on any atom is 0.250 e. The highest BCUT2D eigenvalue weighted by atomic mass is 28.4. The first-order chi connectivity index (χ1) is 16.5. The minimum Gasteiger partial charge on any atom is -0.544 e. The molecule has 0 unspecified atom stereocenters. The van der Waals surface area contributed by atoms with Crippen LogP contribution in [-0.2, 0) is 0 Å². The molecule has 0 saturated heterocycles. The van der Waals surface area contributed by atoms with Crippen LogP contribution in [0.2, 0.25) is 36.3 Å². The Kier molecular flexibility index (Phi) is 8.84. The Morgan fingerprint density at radius 2 is 0.889 bits per heavy atom. The molecule has 0 heterocycles. The van der Waals surface area contributed by atoms with Gasteiger partial charge >= 0.3 is 0 Å². The Morgan fingerprint density at radius 3 is 1.11 bits per heavy atom. The molecular formula is C30H40N2O2Si2. The molecule has 36 heavy (non-hydrogen) atoms. The van der Waals surface area contributed by atoms with Crippen LogP contribution in [0.25, 0.3) is 21.8 Å². The smallest absolute Gasteiger partial charge is 0.250 e. The van der Waals surface area contributed by atoms with Crippen molar-refractivity contribution in [3.05, 3.63) is 93.9 Å². The molecule has 0 aliphatic heterocycles. The van der Waals surface area contributed by atoms with Gasteiger partial charge in [0, 0.05) is 0 Å². The summed E-state index contributed by atoms with van der Waals surface area (Å²) in [5.41, 5.74) is 2.34. The van der Waals surface area contributed by atoms with Crippen LogP contribution < -0.4 is 8.85 Å². The van der Waals surface area contributed by atoms with E-state index in [1.807, 2.05) is 48.5 Å². The average molecular weight is 517 g/mol. The maximum atomic E-state index is 7.67. The molecule has 0 bridgehead atoms. The zero-order valence-electron chi connectivity index (χ0n) is 23.5. The van der Waals surface area contributed by atoms with Gasteiger partial charge in [0.15, 0.2) is 11.4 Å². The van der Waals surface area contributed by atoms with Crippen molar-refractivity contribution in [2.45, 2.75) is 77.8 Å². The minimum absolute atomic E-state index is 0.118. The van der Waals surface area contributed by atoms with Gasteiger partial charge in [-0.05, 0) is 71.7 Å². The number of hydrogen-bond acceptors (Lipinski definition) is 2. The standard InChI is InChI=1S/C30H40N2O2Si2/c1-29(2,3)35(9,10)33-25-17-13-23(14-18-25)21-27(31-7)28(32-8)22-24-15-19-26(20-16-24)34-36(11,12)30(4,5)6/h13-22H,1-6,9-12H3. The lowest BCUT2D eigenvalue weighted by Crippen LogP contribution is -2.43. The van der Waals surface area contributed by atoms with Crippen LogP contribution in [0.15, 0.2) is 59.9 Å².